The van der Waals surface area contributed by atoms with E-state index in [-0.39, 0.29) is 18.6 Å². The number of carbonyl (C=O) groups is 1. The largest absolute Gasteiger partial charge is 0.396 e. The molecule has 1 saturated carbocycles. The summed E-state index contributed by atoms with van der Waals surface area (Å²) in [4.78, 5) is 15.9. The first-order valence-electron chi connectivity index (χ1n) is 7.37. The molecule has 21 heavy (non-hydrogen) atoms. The monoisotopic (exact) mass is 311 g/mol. The lowest BCUT2D eigenvalue weighted by Crippen LogP contribution is -2.40. The molecule has 0 spiro atoms. The highest BCUT2D eigenvalue weighted by atomic mass is 35.5. The molecule has 2 rings (SSSR count). The van der Waals surface area contributed by atoms with Gasteiger partial charge in [0, 0.05) is 31.3 Å². The Balaban J connectivity index is 1.80. The van der Waals surface area contributed by atoms with E-state index < -0.39 is 0 Å². The Labute approximate surface area is 130 Å². The topological polar surface area (TPSA) is 74.2 Å². The van der Waals surface area contributed by atoms with Crippen molar-refractivity contribution in [2.75, 3.05) is 11.9 Å². The highest BCUT2D eigenvalue weighted by molar-refractivity contribution is 6.32. The zero-order valence-corrected chi connectivity index (χ0v) is 12.9. The second-order valence-electron chi connectivity index (χ2n) is 5.62. The van der Waals surface area contributed by atoms with Crippen LogP contribution in [0.15, 0.2) is 18.3 Å². The van der Waals surface area contributed by atoms with Gasteiger partial charge in [0.15, 0.2) is 5.15 Å². The lowest BCUT2D eigenvalue weighted by Gasteiger charge is -2.22. The molecule has 1 heterocycles. The number of halogens is 1. The summed E-state index contributed by atoms with van der Waals surface area (Å²) in [6, 6.07) is 3.81. The molecule has 1 aromatic heterocycles. The first kappa shape index (κ1) is 16.2. The molecular weight excluding hydrogens is 290 g/mol. The van der Waals surface area contributed by atoms with E-state index in [1.54, 1.807) is 18.3 Å². The molecule has 0 bridgehead atoms. The average molecular weight is 312 g/mol. The molecule has 6 heteroatoms. The van der Waals surface area contributed by atoms with E-state index in [0.717, 1.165) is 6.42 Å². The molecule has 1 aromatic rings. The Morgan fingerprint density at radius 2 is 2.33 bits per heavy atom. The molecule has 0 aliphatic heterocycles. The number of hydrogen-bond acceptors (Lipinski definition) is 4. The third kappa shape index (κ3) is 5.26. The molecule has 1 amide bonds. The minimum absolute atomic E-state index is 0.0533. The maximum absolute atomic E-state index is 12.0. The molecule has 1 aliphatic rings. The van der Waals surface area contributed by atoms with Gasteiger partial charge in [-0.05, 0) is 44.2 Å². The predicted molar refractivity (Wildman–Crippen MR) is 83.3 cm³/mol. The number of hydrogen-bond donors (Lipinski definition) is 3. The highest BCUT2D eigenvalue weighted by Crippen LogP contribution is 2.34. The number of nitrogens with zero attached hydrogens (tertiary/aromatic N) is 1. The Morgan fingerprint density at radius 1 is 1.57 bits per heavy atom. The van der Waals surface area contributed by atoms with Crippen molar-refractivity contribution in [3.8, 4) is 0 Å². The fourth-order valence-electron chi connectivity index (χ4n) is 2.48. The van der Waals surface area contributed by atoms with E-state index >= 15 is 0 Å². The summed E-state index contributed by atoms with van der Waals surface area (Å²) in [5.74, 6) is 0.555. The summed E-state index contributed by atoms with van der Waals surface area (Å²) < 4.78 is 0. The van der Waals surface area contributed by atoms with Gasteiger partial charge in [-0.2, -0.15) is 0 Å². The van der Waals surface area contributed by atoms with Gasteiger partial charge in [-0.25, -0.2) is 4.98 Å². The van der Waals surface area contributed by atoms with Gasteiger partial charge in [0.25, 0.3) is 0 Å². The summed E-state index contributed by atoms with van der Waals surface area (Å²) in [5.41, 5.74) is 0.533. The van der Waals surface area contributed by atoms with Crippen LogP contribution in [-0.4, -0.2) is 34.7 Å². The zero-order chi connectivity index (χ0) is 15.2. The fourth-order valence-corrected chi connectivity index (χ4v) is 2.64. The maximum Gasteiger partial charge on any atom is 0.226 e. The van der Waals surface area contributed by atoms with Gasteiger partial charge in [0.1, 0.15) is 0 Å². The number of aliphatic hydroxyl groups is 1. The molecule has 0 saturated heterocycles. The van der Waals surface area contributed by atoms with Crippen molar-refractivity contribution in [1.82, 2.24) is 10.3 Å². The van der Waals surface area contributed by atoms with Crippen LogP contribution in [0.4, 0.5) is 5.69 Å². The second kappa shape index (κ2) is 7.73. The Morgan fingerprint density at radius 3 is 2.95 bits per heavy atom. The van der Waals surface area contributed by atoms with E-state index in [4.69, 9.17) is 16.7 Å². The van der Waals surface area contributed by atoms with Crippen molar-refractivity contribution >= 4 is 23.2 Å². The Bertz CT molecular complexity index is 480. The number of pyridine rings is 1. The third-order valence-corrected chi connectivity index (χ3v) is 3.96. The van der Waals surface area contributed by atoms with Gasteiger partial charge in [-0.15, -0.1) is 0 Å². The third-order valence-electron chi connectivity index (χ3n) is 3.65. The van der Waals surface area contributed by atoms with E-state index in [2.05, 4.69) is 15.6 Å². The zero-order valence-electron chi connectivity index (χ0n) is 12.2. The van der Waals surface area contributed by atoms with E-state index in [0.29, 0.717) is 29.2 Å². The van der Waals surface area contributed by atoms with Crippen molar-refractivity contribution in [1.29, 1.82) is 0 Å². The van der Waals surface area contributed by atoms with Gasteiger partial charge in [-0.1, -0.05) is 11.6 Å². The average Bonchev–Trinajstić information content (AvgIpc) is 3.25. The van der Waals surface area contributed by atoms with Gasteiger partial charge >= 0.3 is 0 Å². The van der Waals surface area contributed by atoms with Crippen LogP contribution < -0.4 is 10.6 Å². The molecule has 5 nitrogen and oxygen atoms in total. The summed E-state index contributed by atoms with van der Waals surface area (Å²) in [6.07, 6.45) is 5.10. The fraction of sp³-hybridized carbons (Fsp3) is 0.600. The second-order valence-corrected chi connectivity index (χ2v) is 5.98. The number of aromatic nitrogens is 1. The molecule has 0 aromatic carbocycles. The lowest BCUT2D eigenvalue weighted by molar-refractivity contribution is -0.116. The Kier molecular flexibility index (Phi) is 5.96. The summed E-state index contributed by atoms with van der Waals surface area (Å²) in [7, 11) is 0. The van der Waals surface area contributed by atoms with Gasteiger partial charge < -0.3 is 15.7 Å². The molecule has 1 aliphatic carbocycles. The molecular formula is C15H22ClN3O2. The van der Waals surface area contributed by atoms with Crippen LogP contribution >= 0.6 is 11.6 Å². The van der Waals surface area contributed by atoms with Crippen LogP contribution in [0.5, 0.6) is 0 Å². The van der Waals surface area contributed by atoms with Gasteiger partial charge in [0.2, 0.25) is 5.91 Å². The lowest BCUT2D eigenvalue weighted by atomic mass is 10.1. The number of aliphatic hydroxyl groups excluding tert-OH is 1. The molecule has 116 valence electrons. The number of rotatable bonds is 8. The van der Waals surface area contributed by atoms with E-state index in [9.17, 15) is 4.79 Å². The van der Waals surface area contributed by atoms with Crippen LogP contribution in [0.25, 0.3) is 0 Å². The van der Waals surface area contributed by atoms with Crippen LogP contribution in [0.2, 0.25) is 5.15 Å². The standard InChI is InChI=1S/C15H22ClN3O2/c1-10(18-12(6-8-20)11-4-5-11)9-14(21)19-13-3-2-7-17-15(13)16/h2-3,7,10-12,18,20H,4-6,8-9H2,1H3,(H,19,21). The van der Waals surface area contributed by atoms with Crippen LogP contribution in [0.3, 0.4) is 0 Å². The minimum atomic E-state index is -0.0940. The number of anilines is 1. The number of amides is 1. The first-order chi connectivity index (χ1) is 10.1. The van der Waals surface area contributed by atoms with Crippen molar-refractivity contribution in [2.45, 2.75) is 44.7 Å². The summed E-state index contributed by atoms with van der Waals surface area (Å²) in [6.45, 7) is 2.16. The van der Waals surface area contributed by atoms with Crippen LogP contribution in [0, 0.1) is 5.92 Å². The summed E-state index contributed by atoms with van der Waals surface area (Å²) >= 11 is 5.91. The number of nitrogens with one attached hydrogen (secondary N) is 2. The van der Waals surface area contributed by atoms with Crippen molar-refractivity contribution in [3.05, 3.63) is 23.5 Å². The first-order valence-corrected chi connectivity index (χ1v) is 7.75. The van der Waals surface area contributed by atoms with Gasteiger partial charge in [-0.3, -0.25) is 4.79 Å². The minimum Gasteiger partial charge on any atom is -0.396 e. The number of carbonyl (C=O) groups excluding carboxylic acids is 1. The van der Waals surface area contributed by atoms with Crippen molar-refractivity contribution in [2.24, 2.45) is 5.92 Å². The summed E-state index contributed by atoms with van der Waals surface area (Å²) in [5, 5.41) is 15.6. The quantitative estimate of drug-likeness (QED) is 0.643. The molecule has 0 radical (unpaired) electrons. The van der Waals surface area contributed by atoms with E-state index in [1.165, 1.54) is 12.8 Å². The smallest absolute Gasteiger partial charge is 0.226 e. The van der Waals surface area contributed by atoms with Crippen molar-refractivity contribution < 1.29 is 9.90 Å². The highest BCUT2D eigenvalue weighted by Gasteiger charge is 2.31. The molecule has 3 N–H and O–H groups in total. The Hall–Kier alpha value is -1.17. The predicted octanol–water partition coefficient (Wildman–Crippen LogP) is 2.20. The van der Waals surface area contributed by atoms with Crippen LogP contribution in [0.1, 0.15) is 32.6 Å². The van der Waals surface area contributed by atoms with Gasteiger partial charge in [0.05, 0.1) is 5.69 Å². The van der Waals surface area contributed by atoms with Crippen LogP contribution in [-0.2, 0) is 4.79 Å². The van der Waals surface area contributed by atoms with Crippen molar-refractivity contribution in [3.63, 3.8) is 0 Å². The normalized spacial score (nSPS) is 17.3. The molecule has 2 atom stereocenters. The maximum atomic E-state index is 12.0. The van der Waals surface area contributed by atoms with E-state index in [1.807, 2.05) is 6.92 Å². The molecule has 1 fully saturated rings. The SMILES string of the molecule is CC(CC(=O)Nc1cccnc1Cl)NC(CCO)C1CC1. The molecule has 2 unspecified atom stereocenters.